The van der Waals surface area contributed by atoms with E-state index in [0.29, 0.717) is 19.6 Å². The van der Waals surface area contributed by atoms with Gasteiger partial charge in [-0.1, -0.05) is 71.5 Å². The SMILES string of the molecule is Cc1ccc(Cl)c2sc(N3CCN(C(=O)NCc4cccc5ccccc45)CC3)nc12. The van der Waals surface area contributed by atoms with Crippen molar-refractivity contribution in [3.8, 4) is 0 Å². The molecule has 1 aliphatic rings. The van der Waals surface area contributed by atoms with E-state index in [1.807, 2.05) is 35.2 Å². The Kier molecular flexibility index (Phi) is 5.42. The minimum absolute atomic E-state index is 0.0178. The second kappa shape index (κ2) is 8.36. The van der Waals surface area contributed by atoms with Crippen LogP contribution in [0.15, 0.2) is 54.6 Å². The van der Waals surface area contributed by atoms with Gasteiger partial charge in [0, 0.05) is 32.7 Å². The van der Waals surface area contributed by atoms with Gasteiger partial charge in [0.2, 0.25) is 0 Å². The first kappa shape index (κ1) is 20.1. The van der Waals surface area contributed by atoms with Gasteiger partial charge in [0.1, 0.15) is 0 Å². The molecule has 2 amide bonds. The van der Waals surface area contributed by atoms with E-state index in [9.17, 15) is 4.79 Å². The summed E-state index contributed by atoms with van der Waals surface area (Å²) in [7, 11) is 0. The number of hydrogen-bond donors (Lipinski definition) is 1. The van der Waals surface area contributed by atoms with Gasteiger partial charge in [-0.15, -0.1) is 0 Å². The van der Waals surface area contributed by atoms with Gasteiger partial charge in [0.15, 0.2) is 5.13 Å². The maximum absolute atomic E-state index is 12.7. The number of aryl methyl sites for hydroxylation is 1. The van der Waals surface area contributed by atoms with Crippen molar-refractivity contribution in [2.75, 3.05) is 31.1 Å². The number of halogens is 1. The molecule has 31 heavy (non-hydrogen) atoms. The van der Waals surface area contributed by atoms with Gasteiger partial charge in [-0.25, -0.2) is 9.78 Å². The molecule has 1 aromatic heterocycles. The van der Waals surface area contributed by atoms with E-state index in [0.717, 1.165) is 44.6 Å². The topological polar surface area (TPSA) is 48.5 Å². The molecular formula is C24H23ClN4OS. The molecule has 1 aliphatic heterocycles. The third kappa shape index (κ3) is 3.93. The van der Waals surface area contributed by atoms with Gasteiger partial charge in [-0.2, -0.15) is 0 Å². The molecule has 0 spiro atoms. The number of anilines is 1. The van der Waals surface area contributed by atoms with Crippen molar-refractivity contribution >= 4 is 55.1 Å². The van der Waals surface area contributed by atoms with E-state index in [4.69, 9.17) is 16.6 Å². The lowest BCUT2D eigenvalue weighted by Crippen LogP contribution is -2.51. The number of piperazine rings is 1. The maximum atomic E-state index is 12.7. The highest BCUT2D eigenvalue weighted by atomic mass is 35.5. The zero-order valence-corrected chi connectivity index (χ0v) is 18.8. The normalized spacial score (nSPS) is 14.4. The number of nitrogens with zero attached hydrogens (tertiary/aromatic N) is 3. The van der Waals surface area contributed by atoms with E-state index in [1.54, 1.807) is 11.3 Å². The molecule has 0 unspecified atom stereocenters. The van der Waals surface area contributed by atoms with E-state index in [1.165, 1.54) is 10.8 Å². The lowest BCUT2D eigenvalue weighted by atomic mass is 10.0. The largest absolute Gasteiger partial charge is 0.345 e. The van der Waals surface area contributed by atoms with Crippen LogP contribution in [0.3, 0.4) is 0 Å². The number of benzene rings is 3. The smallest absolute Gasteiger partial charge is 0.317 e. The number of carbonyl (C=O) groups excluding carboxylic acids is 1. The van der Waals surface area contributed by atoms with Crippen molar-refractivity contribution in [3.63, 3.8) is 0 Å². The second-order valence-corrected chi connectivity index (χ2v) is 9.19. The van der Waals surface area contributed by atoms with Gasteiger partial charge >= 0.3 is 6.03 Å². The standard InChI is InChI=1S/C24H23ClN4OS/c1-16-9-10-20(25)22-21(16)27-24(31-22)29-13-11-28(12-14-29)23(30)26-15-18-7-4-6-17-5-2-3-8-19(17)18/h2-10H,11-15H2,1H3,(H,26,30). The molecule has 0 bridgehead atoms. The summed E-state index contributed by atoms with van der Waals surface area (Å²) in [4.78, 5) is 21.7. The quantitative estimate of drug-likeness (QED) is 0.452. The monoisotopic (exact) mass is 450 g/mol. The number of urea groups is 1. The molecule has 5 nitrogen and oxygen atoms in total. The number of nitrogens with one attached hydrogen (secondary N) is 1. The molecular weight excluding hydrogens is 428 g/mol. The van der Waals surface area contributed by atoms with Crippen LogP contribution >= 0.6 is 22.9 Å². The van der Waals surface area contributed by atoms with Gasteiger partial charge in [-0.3, -0.25) is 0 Å². The molecule has 3 aromatic carbocycles. The molecule has 1 N–H and O–H groups in total. The van der Waals surface area contributed by atoms with Crippen molar-refractivity contribution in [1.82, 2.24) is 15.2 Å². The van der Waals surface area contributed by atoms with Crippen molar-refractivity contribution in [2.45, 2.75) is 13.5 Å². The van der Waals surface area contributed by atoms with Crippen LogP contribution in [-0.2, 0) is 6.54 Å². The molecule has 1 fully saturated rings. The summed E-state index contributed by atoms with van der Waals surface area (Å²) in [5.74, 6) is 0. The molecule has 2 heterocycles. The van der Waals surface area contributed by atoms with E-state index in [-0.39, 0.29) is 6.03 Å². The number of rotatable bonds is 3. The number of aromatic nitrogens is 1. The molecule has 0 atom stereocenters. The zero-order valence-electron chi connectivity index (χ0n) is 17.3. The Bertz CT molecular complexity index is 1220. The third-order valence-corrected chi connectivity index (χ3v) is 7.41. The molecule has 158 valence electrons. The molecule has 1 saturated heterocycles. The molecule has 5 rings (SSSR count). The zero-order chi connectivity index (χ0) is 21.4. The van der Waals surface area contributed by atoms with Crippen LogP contribution in [0.4, 0.5) is 9.93 Å². The van der Waals surface area contributed by atoms with Crippen LogP contribution in [0.5, 0.6) is 0 Å². The Morgan fingerprint density at radius 3 is 2.65 bits per heavy atom. The highest BCUT2D eigenvalue weighted by Gasteiger charge is 2.23. The van der Waals surface area contributed by atoms with Crippen LogP contribution in [-0.4, -0.2) is 42.1 Å². The highest BCUT2D eigenvalue weighted by Crippen LogP contribution is 2.35. The third-order valence-electron chi connectivity index (χ3n) is 5.83. The fourth-order valence-corrected chi connectivity index (χ4v) is 5.42. The lowest BCUT2D eigenvalue weighted by molar-refractivity contribution is 0.194. The molecule has 0 aliphatic carbocycles. The van der Waals surface area contributed by atoms with Gasteiger partial charge in [0.05, 0.1) is 15.2 Å². The Labute approximate surface area is 190 Å². The fourth-order valence-electron chi connectivity index (χ4n) is 4.06. The summed E-state index contributed by atoms with van der Waals surface area (Å²) in [6.45, 7) is 5.45. The van der Waals surface area contributed by atoms with Crippen LogP contribution in [0, 0.1) is 6.92 Å². The summed E-state index contributed by atoms with van der Waals surface area (Å²) < 4.78 is 1.03. The van der Waals surface area contributed by atoms with E-state index < -0.39 is 0 Å². The van der Waals surface area contributed by atoms with Crippen LogP contribution in [0.25, 0.3) is 21.0 Å². The minimum atomic E-state index is -0.0178. The average molecular weight is 451 g/mol. The average Bonchev–Trinajstić information content (AvgIpc) is 3.27. The molecule has 4 aromatic rings. The number of thiazole rings is 1. The number of amides is 2. The first-order chi connectivity index (χ1) is 15.1. The Morgan fingerprint density at radius 2 is 1.84 bits per heavy atom. The molecule has 0 radical (unpaired) electrons. The van der Waals surface area contributed by atoms with Crippen LogP contribution in [0.2, 0.25) is 5.02 Å². The molecule has 7 heteroatoms. The van der Waals surface area contributed by atoms with Crippen LogP contribution < -0.4 is 10.2 Å². The Morgan fingerprint density at radius 1 is 1.06 bits per heavy atom. The predicted octanol–water partition coefficient (Wildman–Crippen LogP) is 5.44. The minimum Gasteiger partial charge on any atom is -0.345 e. The summed E-state index contributed by atoms with van der Waals surface area (Å²) in [5, 5.41) is 7.18. The summed E-state index contributed by atoms with van der Waals surface area (Å²) in [6, 6.07) is 18.4. The summed E-state index contributed by atoms with van der Waals surface area (Å²) in [5.41, 5.74) is 3.24. The maximum Gasteiger partial charge on any atom is 0.317 e. The first-order valence-corrected chi connectivity index (χ1v) is 11.6. The van der Waals surface area contributed by atoms with Gasteiger partial charge in [0.25, 0.3) is 0 Å². The van der Waals surface area contributed by atoms with E-state index in [2.05, 4.69) is 41.4 Å². The number of fused-ring (bicyclic) bond motifs is 2. The number of carbonyl (C=O) groups is 1. The molecule has 0 saturated carbocycles. The fraction of sp³-hybridized carbons (Fsp3) is 0.250. The van der Waals surface area contributed by atoms with Gasteiger partial charge < -0.3 is 15.1 Å². The van der Waals surface area contributed by atoms with Crippen molar-refractivity contribution in [1.29, 1.82) is 0 Å². The summed E-state index contributed by atoms with van der Waals surface area (Å²) in [6.07, 6.45) is 0. The van der Waals surface area contributed by atoms with Crippen LogP contribution in [0.1, 0.15) is 11.1 Å². The van der Waals surface area contributed by atoms with Crippen molar-refractivity contribution in [3.05, 3.63) is 70.7 Å². The first-order valence-electron chi connectivity index (χ1n) is 10.4. The predicted molar refractivity (Wildman–Crippen MR) is 129 cm³/mol. The highest BCUT2D eigenvalue weighted by molar-refractivity contribution is 7.22. The second-order valence-electron chi connectivity index (χ2n) is 7.81. The summed E-state index contributed by atoms with van der Waals surface area (Å²) >= 11 is 7.99. The van der Waals surface area contributed by atoms with Crippen molar-refractivity contribution < 1.29 is 4.79 Å². The number of hydrogen-bond acceptors (Lipinski definition) is 4. The van der Waals surface area contributed by atoms with E-state index >= 15 is 0 Å². The Hall–Kier alpha value is -2.83. The lowest BCUT2D eigenvalue weighted by Gasteiger charge is -2.34. The van der Waals surface area contributed by atoms with Gasteiger partial charge in [-0.05, 0) is 34.9 Å². The Balaban J connectivity index is 1.22. The van der Waals surface area contributed by atoms with Crippen molar-refractivity contribution in [2.24, 2.45) is 0 Å².